The highest BCUT2D eigenvalue weighted by Gasteiger charge is 2.30. The van der Waals surface area contributed by atoms with Crippen molar-refractivity contribution in [3.05, 3.63) is 140 Å². The fraction of sp³-hybridized carbons (Fsp3) is 0. The predicted octanol–water partition coefficient (Wildman–Crippen LogP) is 7.24. The zero-order chi connectivity index (χ0) is 25.5. The van der Waals surface area contributed by atoms with Crippen molar-refractivity contribution in [2.75, 3.05) is 0 Å². The minimum atomic E-state index is -3.16. The molecule has 0 unspecified atom stereocenters. The molecule has 0 atom stereocenters. The van der Waals surface area contributed by atoms with Crippen molar-refractivity contribution in [1.29, 1.82) is 0 Å². The van der Waals surface area contributed by atoms with E-state index in [1.807, 2.05) is 79.0 Å². The van der Waals surface area contributed by atoms with E-state index in [0.717, 1.165) is 38.2 Å². The van der Waals surface area contributed by atoms with Crippen LogP contribution in [0.1, 0.15) is 0 Å². The van der Waals surface area contributed by atoms with Crippen molar-refractivity contribution in [1.82, 2.24) is 9.97 Å². The molecule has 0 aliphatic heterocycles. The molecule has 5 aromatic carbocycles. The van der Waals surface area contributed by atoms with Gasteiger partial charge < -0.3 is 4.57 Å². The van der Waals surface area contributed by atoms with Crippen molar-refractivity contribution in [3.8, 4) is 11.3 Å². The summed E-state index contributed by atoms with van der Waals surface area (Å²) >= 11 is 0. The normalized spacial score (nSPS) is 11.8. The fourth-order valence-corrected chi connectivity index (χ4v) is 8.02. The Morgan fingerprint density at radius 1 is 0.526 bits per heavy atom. The average Bonchev–Trinajstić information content (AvgIpc) is 3.01. The molecule has 0 N–H and O–H groups in total. The van der Waals surface area contributed by atoms with Crippen LogP contribution in [0.15, 0.2) is 140 Å². The molecule has 0 amide bonds. The van der Waals surface area contributed by atoms with Crippen molar-refractivity contribution in [3.63, 3.8) is 0 Å². The van der Waals surface area contributed by atoms with Gasteiger partial charge >= 0.3 is 0 Å². The van der Waals surface area contributed by atoms with Crippen molar-refractivity contribution in [2.24, 2.45) is 0 Å². The molecule has 180 valence electrons. The molecule has 2 aromatic heterocycles. The number of fused-ring (bicyclic) bond motifs is 5. The lowest BCUT2D eigenvalue weighted by atomic mass is 9.96. The van der Waals surface area contributed by atoms with Crippen LogP contribution in [0.5, 0.6) is 0 Å². The number of para-hydroxylation sites is 1. The fourth-order valence-electron chi connectivity index (χ4n) is 5.39. The smallest absolute Gasteiger partial charge is 0.172 e. The van der Waals surface area contributed by atoms with Gasteiger partial charge in [0.1, 0.15) is 0 Å². The third-order valence-electron chi connectivity index (χ3n) is 7.19. The lowest BCUT2D eigenvalue weighted by Crippen LogP contribution is -2.25. The van der Waals surface area contributed by atoms with Gasteiger partial charge in [-0.05, 0) is 22.9 Å². The summed E-state index contributed by atoms with van der Waals surface area (Å²) in [5.74, 6) is 0. The van der Waals surface area contributed by atoms with Crippen LogP contribution in [-0.2, 0) is 4.57 Å². The number of hydrogen-bond acceptors (Lipinski definition) is 3. The first-order valence-corrected chi connectivity index (χ1v) is 14.3. The highest BCUT2D eigenvalue weighted by atomic mass is 31.2. The number of pyridine rings is 2. The second-order valence-corrected chi connectivity index (χ2v) is 12.2. The van der Waals surface area contributed by atoms with Gasteiger partial charge in [0.25, 0.3) is 0 Å². The van der Waals surface area contributed by atoms with Gasteiger partial charge in [-0.2, -0.15) is 0 Å². The standard InChI is InChI=1S/C34H23N2OP/c37-38(26-12-3-1-4-13-26,27-14-5-2-6-15-27)28-21-25(22-35-23-28)34-31-20-19-24-11-7-8-16-29(24)33(31)30-17-9-10-18-32(30)36-34/h1-23H. The maximum absolute atomic E-state index is 15.0. The molecule has 0 saturated carbocycles. The Morgan fingerprint density at radius 2 is 1.16 bits per heavy atom. The number of rotatable bonds is 4. The van der Waals surface area contributed by atoms with Gasteiger partial charge in [-0.15, -0.1) is 0 Å². The highest BCUT2D eigenvalue weighted by molar-refractivity contribution is 7.85. The molecule has 0 saturated heterocycles. The van der Waals surface area contributed by atoms with E-state index in [0.29, 0.717) is 5.30 Å². The van der Waals surface area contributed by atoms with Crippen LogP contribution in [0, 0.1) is 0 Å². The second kappa shape index (κ2) is 9.06. The van der Waals surface area contributed by atoms with Gasteiger partial charge in [0.2, 0.25) is 0 Å². The summed E-state index contributed by atoms with van der Waals surface area (Å²) in [6, 6.07) is 42.4. The summed E-state index contributed by atoms with van der Waals surface area (Å²) in [4.78, 5) is 9.73. The van der Waals surface area contributed by atoms with Gasteiger partial charge in [-0.3, -0.25) is 4.98 Å². The van der Waals surface area contributed by atoms with Crippen molar-refractivity contribution >= 4 is 55.5 Å². The third kappa shape index (κ3) is 3.55. The van der Waals surface area contributed by atoms with Crippen molar-refractivity contribution in [2.45, 2.75) is 0 Å². The molecule has 4 heteroatoms. The van der Waals surface area contributed by atoms with E-state index in [1.54, 1.807) is 6.20 Å². The molecule has 0 spiro atoms. The molecule has 38 heavy (non-hydrogen) atoms. The van der Waals surface area contributed by atoms with E-state index in [2.05, 4.69) is 59.6 Å². The Kier molecular flexibility index (Phi) is 5.39. The zero-order valence-electron chi connectivity index (χ0n) is 20.5. The van der Waals surface area contributed by atoms with E-state index >= 15 is 0 Å². The number of nitrogens with zero attached hydrogens (tertiary/aromatic N) is 2. The Bertz CT molecular complexity index is 1940. The van der Waals surface area contributed by atoms with E-state index in [1.165, 1.54) is 16.2 Å². The van der Waals surface area contributed by atoms with Gasteiger partial charge in [0.05, 0.1) is 11.2 Å². The lowest BCUT2D eigenvalue weighted by molar-refractivity contribution is 0.592. The summed E-state index contributed by atoms with van der Waals surface area (Å²) in [5, 5.41) is 7.97. The first-order valence-electron chi connectivity index (χ1n) is 12.6. The molecule has 7 rings (SSSR count). The summed E-state index contributed by atoms with van der Waals surface area (Å²) < 4.78 is 15.0. The largest absolute Gasteiger partial charge is 0.309 e. The Hall–Kier alpha value is -4.59. The molecule has 3 nitrogen and oxygen atoms in total. The molecule has 0 radical (unpaired) electrons. The SMILES string of the molecule is O=P(c1ccccc1)(c1ccccc1)c1cncc(-c2nc3ccccc3c3c2ccc2ccccc23)c1. The maximum Gasteiger partial charge on any atom is 0.172 e. The first-order chi connectivity index (χ1) is 18.7. The topological polar surface area (TPSA) is 42.9 Å². The van der Waals surface area contributed by atoms with E-state index in [9.17, 15) is 4.57 Å². The lowest BCUT2D eigenvalue weighted by Gasteiger charge is -2.20. The van der Waals surface area contributed by atoms with Crippen LogP contribution in [0.25, 0.3) is 43.7 Å². The third-order valence-corrected chi connectivity index (χ3v) is 10.2. The maximum atomic E-state index is 15.0. The summed E-state index contributed by atoms with van der Waals surface area (Å²) in [5.41, 5.74) is 2.61. The Balaban J connectivity index is 1.53. The molecule has 0 bridgehead atoms. The van der Waals surface area contributed by atoms with E-state index in [4.69, 9.17) is 4.98 Å². The first kappa shape index (κ1) is 22.6. The number of aromatic nitrogens is 2. The number of hydrogen-bond donors (Lipinski definition) is 0. The highest BCUT2D eigenvalue weighted by Crippen LogP contribution is 2.43. The predicted molar refractivity (Wildman–Crippen MR) is 159 cm³/mol. The average molecular weight is 507 g/mol. The summed E-state index contributed by atoms with van der Waals surface area (Å²) in [6.45, 7) is 0. The minimum absolute atomic E-state index is 0.691. The van der Waals surface area contributed by atoms with Crippen LogP contribution < -0.4 is 15.9 Å². The van der Waals surface area contributed by atoms with Gasteiger partial charge in [0.15, 0.2) is 7.14 Å². The van der Waals surface area contributed by atoms with Crippen molar-refractivity contribution < 1.29 is 4.57 Å². The van der Waals surface area contributed by atoms with Crippen LogP contribution >= 0.6 is 7.14 Å². The molecule has 0 aliphatic carbocycles. The Labute approximate surface area is 220 Å². The number of benzene rings is 5. The minimum Gasteiger partial charge on any atom is -0.309 e. The van der Waals surface area contributed by atoms with Gasteiger partial charge in [-0.25, -0.2) is 4.98 Å². The van der Waals surface area contributed by atoms with Crippen LogP contribution in [0.3, 0.4) is 0 Å². The van der Waals surface area contributed by atoms with Gasteiger partial charge in [0, 0.05) is 50.0 Å². The summed E-state index contributed by atoms with van der Waals surface area (Å²) in [7, 11) is -3.16. The quantitative estimate of drug-likeness (QED) is 0.187. The van der Waals surface area contributed by atoms with Crippen LogP contribution in [0.4, 0.5) is 0 Å². The van der Waals surface area contributed by atoms with Crippen LogP contribution in [-0.4, -0.2) is 9.97 Å². The molecular weight excluding hydrogens is 483 g/mol. The Morgan fingerprint density at radius 3 is 1.89 bits per heavy atom. The van der Waals surface area contributed by atoms with E-state index in [-0.39, 0.29) is 0 Å². The zero-order valence-corrected chi connectivity index (χ0v) is 21.4. The molecule has 0 fully saturated rings. The molecule has 0 aliphatic rings. The van der Waals surface area contributed by atoms with Crippen LogP contribution in [0.2, 0.25) is 0 Å². The van der Waals surface area contributed by atoms with E-state index < -0.39 is 7.14 Å². The second-order valence-electron chi connectivity index (χ2n) is 9.40. The summed E-state index contributed by atoms with van der Waals surface area (Å²) in [6.07, 6.45) is 3.57. The van der Waals surface area contributed by atoms with Gasteiger partial charge in [-0.1, -0.05) is 115 Å². The molecular formula is C34H23N2OP. The molecule has 2 heterocycles. The monoisotopic (exact) mass is 506 g/mol. The molecule has 7 aromatic rings.